The smallest absolute Gasteiger partial charge is 0.315 e. The lowest BCUT2D eigenvalue weighted by Crippen LogP contribution is -2.47. The van der Waals surface area contributed by atoms with Crippen molar-refractivity contribution in [3.63, 3.8) is 0 Å². The number of nitrogens with one attached hydrogen (secondary N) is 4. The second kappa shape index (κ2) is 12.8. The lowest BCUT2D eigenvalue weighted by Gasteiger charge is -2.25. The molecule has 2 aliphatic rings. The lowest BCUT2D eigenvalue weighted by molar-refractivity contribution is -0.124. The summed E-state index contributed by atoms with van der Waals surface area (Å²) in [6.45, 7) is 9.48. The number of likely N-dealkylation sites (N-methyl/N-ethyl adjacent to an activating group) is 1. The van der Waals surface area contributed by atoms with Crippen LogP contribution in [0.2, 0.25) is 0 Å². The molecule has 2 amide bonds. The van der Waals surface area contributed by atoms with Crippen LogP contribution in [0.5, 0.6) is 0 Å². The molecule has 2 rings (SSSR count). The normalized spacial score (nSPS) is 23.9. The molecule has 0 saturated carbocycles. The molecule has 0 aliphatic carbocycles. The van der Waals surface area contributed by atoms with Crippen LogP contribution < -0.4 is 21.3 Å². The predicted molar refractivity (Wildman–Crippen MR) is 128 cm³/mol. The van der Waals surface area contributed by atoms with Crippen LogP contribution in [0, 0.1) is 0 Å². The highest BCUT2D eigenvalue weighted by Crippen LogP contribution is 2.33. The summed E-state index contributed by atoms with van der Waals surface area (Å²) < 4.78 is 0. The number of urea groups is 1. The Balaban J connectivity index is 1.53. The van der Waals surface area contributed by atoms with Crippen molar-refractivity contribution >= 4 is 29.4 Å². The largest absolute Gasteiger partial charge is 0.332 e. The molecule has 0 aromatic heterocycles. The Morgan fingerprint density at radius 3 is 2.61 bits per heavy atom. The van der Waals surface area contributed by atoms with Gasteiger partial charge in [-0.25, -0.2) is 4.79 Å². The van der Waals surface area contributed by atoms with E-state index in [1.165, 1.54) is 0 Å². The maximum atomic E-state index is 12.6. The summed E-state index contributed by atoms with van der Waals surface area (Å²) in [6.07, 6.45) is 7.03. The van der Waals surface area contributed by atoms with E-state index in [9.17, 15) is 14.4 Å². The van der Waals surface area contributed by atoms with E-state index in [0.717, 1.165) is 57.4 Å². The van der Waals surface area contributed by atoms with Crippen LogP contribution in [0.15, 0.2) is 0 Å². The van der Waals surface area contributed by atoms with Gasteiger partial charge in [0.2, 0.25) is 0 Å². The Kier molecular flexibility index (Phi) is 10.8. The summed E-state index contributed by atoms with van der Waals surface area (Å²) in [6, 6.07) is 0.412. The van der Waals surface area contributed by atoms with Gasteiger partial charge in [-0.15, -0.1) is 0 Å². The van der Waals surface area contributed by atoms with E-state index in [-0.39, 0.29) is 35.7 Å². The third-order valence-corrected chi connectivity index (χ3v) is 7.95. The summed E-state index contributed by atoms with van der Waals surface area (Å²) in [5.41, 5.74) is -0.508. The van der Waals surface area contributed by atoms with Gasteiger partial charge < -0.3 is 21.3 Å². The van der Waals surface area contributed by atoms with Crippen LogP contribution in [0.3, 0.4) is 0 Å². The highest BCUT2D eigenvalue weighted by Gasteiger charge is 2.42. The fraction of sp³-hybridized carbons (Fsp3) is 0.870. The van der Waals surface area contributed by atoms with Gasteiger partial charge in [0, 0.05) is 23.8 Å². The van der Waals surface area contributed by atoms with Gasteiger partial charge in [0.05, 0.1) is 23.7 Å². The molecule has 2 unspecified atom stereocenters. The third kappa shape index (κ3) is 8.39. The molecule has 2 aliphatic heterocycles. The van der Waals surface area contributed by atoms with E-state index in [0.29, 0.717) is 18.1 Å². The third-order valence-electron chi connectivity index (χ3n) is 6.44. The minimum Gasteiger partial charge on any atom is -0.332 e. The molecule has 7 nitrogen and oxygen atoms in total. The molecule has 0 radical (unpaired) electrons. The van der Waals surface area contributed by atoms with Gasteiger partial charge in [-0.05, 0) is 59.5 Å². The van der Waals surface area contributed by atoms with Crippen molar-refractivity contribution in [3.8, 4) is 0 Å². The highest BCUT2D eigenvalue weighted by atomic mass is 32.2. The first-order chi connectivity index (χ1) is 14.7. The van der Waals surface area contributed by atoms with Crippen LogP contribution in [0.1, 0.15) is 79.1 Å². The molecular weight excluding hydrogens is 412 g/mol. The van der Waals surface area contributed by atoms with Crippen LogP contribution in [0.4, 0.5) is 4.79 Å². The molecule has 0 aromatic rings. The van der Waals surface area contributed by atoms with Gasteiger partial charge >= 0.3 is 6.03 Å². The molecule has 178 valence electrons. The Morgan fingerprint density at radius 1 is 1.13 bits per heavy atom. The second-order valence-corrected chi connectivity index (χ2v) is 10.7. The van der Waals surface area contributed by atoms with Crippen molar-refractivity contribution in [1.29, 1.82) is 0 Å². The predicted octanol–water partition coefficient (Wildman–Crippen LogP) is 2.78. The Labute approximate surface area is 192 Å². The number of ketones is 2. The average Bonchev–Trinajstić information content (AvgIpc) is 3.26. The Hall–Kier alpha value is -1.12. The molecule has 4 atom stereocenters. The lowest BCUT2D eigenvalue weighted by atomic mass is 9.93. The van der Waals surface area contributed by atoms with Crippen molar-refractivity contribution < 1.29 is 14.4 Å². The molecule has 2 heterocycles. The maximum Gasteiger partial charge on any atom is 0.315 e. The number of amides is 2. The quantitative estimate of drug-likeness (QED) is 0.211. The topological polar surface area (TPSA) is 99.3 Å². The summed E-state index contributed by atoms with van der Waals surface area (Å²) in [7, 11) is 0. The number of hydrogen-bond donors (Lipinski definition) is 4. The van der Waals surface area contributed by atoms with Crippen LogP contribution >= 0.6 is 11.8 Å². The van der Waals surface area contributed by atoms with Crippen molar-refractivity contribution in [2.75, 3.05) is 18.8 Å². The van der Waals surface area contributed by atoms with Crippen molar-refractivity contribution in [3.05, 3.63) is 0 Å². The first-order valence-corrected chi connectivity index (χ1v) is 13.0. The van der Waals surface area contributed by atoms with Gasteiger partial charge in [-0.3, -0.25) is 9.59 Å². The first kappa shape index (κ1) is 26.1. The van der Waals surface area contributed by atoms with Crippen LogP contribution in [0.25, 0.3) is 0 Å². The number of Topliss-reactive ketones (excluding diaryl/α,β-unsaturated/α-hetero) is 2. The van der Waals surface area contributed by atoms with Crippen molar-refractivity contribution in [1.82, 2.24) is 21.3 Å². The maximum absolute atomic E-state index is 12.6. The minimum absolute atomic E-state index is 0.0436. The zero-order chi connectivity index (χ0) is 22.9. The van der Waals surface area contributed by atoms with E-state index in [1.807, 2.05) is 39.5 Å². The van der Waals surface area contributed by atoms with Crippen molar-refractivity contribution in [2.24, 2.45) is 0 Å². The van der Waals surface area contributed by atoms with Crippen LogP contribution in [-0.2, 0) is 9.59 Å². The van der Waals surface area contributed by atoms with Gasteiger partial charge in [-0.2, -0.15) is 11.8 Å². The molecule has 0 bridgehead atoms. The molecule has 31 heavy (non-hydrogen) atoms. The molecule has 0 spiro atoms. The number of carbonyl (C=O) groups is 3. The van der Waals surface area contributed by atoms with E-state index >= 15 is 0 Å². The monoisotopic (exact) mass is 454 g/mol. The number of unbranched alkanes of at least 4 members (excludes halogenated alkanes) is 3. The zero-order valence-corrected chi connectivity index (χ0v) is 20.5. The average molecular weight is 455 g/mol. The van der Waals surface area contributed by atoms with Gasteiger partial charge in [-0.1, -0.05) is 19.8 Å². The molecule has 2 saturated heterocycles. The Bertz CT molecular complexity index is 614. The Morgan fingerprint density at radius 2 is 1.87 bits per heavy atom. The molecule has 0 aromatic carbocycles. The van der Waals surface area contributed by atoms with Crippen molar-refractivity contribution in [2.45, 2.75) is 108 Å². The molecule has 2 fully saturated rings. The highest BCUT2D eigenvalue weighted by molar-refractivity contribution is 8.00. The second-order valence-electron chi connectivity index (χ2n) is 9.40. The van der Waals surface area contributed by atoms with Crippen LogP contribution in [-0.4, -0.2) is 65.4 Å². The first-order valence-electron chi connectivity index (χ1n) is 12.0. The zero-order valence-electron chi connectivity index (χ0n) is 19.7. The number of hydrogen-bond acceptors (Lipinski definition) is 6. The van der Waals surface area contributed by atoms with E-state index in [2.05, 4.69) is 21.3 Å². The van der Waals surface area contributed by atoms with Gasteiger partial charge in [0.15, 0.2) is 5.78 Å². The fourth-order valence-electron chi connectivity index (χ4n) is 4.32. The summed E-state index contributed by atoms with van der Waals surface area (Å²) in [4.78, 5) is 36.0. The standard InChI is InChI=1S/C23H42N4O3S/c1-5-24-16(2)18(28)11-7-6-10-14-25-23(3,4)20(29)13-9-8-12-19-21-17(15-31-19)26-22(30)27-21/h16-17,19,21,24-25H,5-15H2,1-4H3,(H2,26,27,30)/t16?,17?,19-,21-/m0/s1. The SMILES string of the molecule is CCNC(C)C(=O)CCCCCNC(C)(C)C(=O)CCCC[C@@H]1SCC2NC(=O)N[C@@H]21. The summed E-state index contributed by atoms with van der Waals surface area (Å²) >= 11 is 1.92. The van der Waals surface area contributed by atoms with E-state index in [1.54, 1.807) is 0 Å². The van der Waals surface area contributed by atoms with E-state index < -0.39 is 5.54 Å². The molecule has 8 heteroatoms. The number of fused-ring (bicyclic) bond motifs is 1. The van der Waals surface area contributed by atoms with Gasteiger partial charge in [0.1, 0.15) is 5.78 Å². The number of rotatable bonds is 16. The molecule has 4 N–H and O–H groups in total. The fourth-order valence-corrected chi connectivity index (χ4v) is 5.87. The number of carbonyl (C=O) groups excluding carboxylic acids is 3. The molecular formula is C23H42N4O3S. The van der Waals surface area contributed by atoms with E-state index in [4.69, 9.17) is 0 Å². The number of thioether (sulfide) groups is 1. The van der Waals surface area contributed by atoms with Gasteiger partial charge in [0.25, 0.3) is 0 Å². The summed E-state index contributed by atoms with van der Waals surface area (Å²) in [5.74, 6) is 1.52. The minimum atomic E-state index is -0.508. The summed E-state index contributed by atoms with van der Waals surface area (Å²) in [5, 5.41) is 13.0.